The molecule has 6 nitrogen and oxygen atoms in total. The van der Waals surface area contributed by atoms with Crippen molar-refractivity contribution in [3.63, 3.8) is 0 Å². The smallest absolute Gasteiger partial charge is 0.310 e. The van der Waals surface area contributed by atoms with Crippen LogP contribution in [0.25, 0.3) is 0 Å². The van der Waals surface area contributed by atoms with Gasteiger partial charge in [-0.05, 0) is 25.7 Å². The molecule has 0 aromatic carbocycles. The summed E-state index contributed by atoms with van der Waals surface area (Å²) in [7, 11) is 1.41. The molecule has 1 saturated carbocycles. The summed E-state index contributed by atoms with van der Waals surface area (Å²) >= 11 is 0. The van der Waals surface area contributed by atoms with Crippen LogP contribution in [0.1, 0.15) is 51.9 Å². The van der Waals surface area contributed by atoms with Gasteiger partial charge in [-0.3, -0.25) is 14.4 Å². The molecule has 23 heavy (non-hydrogen) atoms. The van der Waals surface area contributed by atoms with Crippen LogP contribution in [0.2, 0.25) is 0 Å². The number of methoxy groups -OCH3 is 1. The fraction of sp³-hybridized carbons (Fsp3) is 0.824. The molecule has 2 rings (SSSR count). The number of likely N-dealkylation sites (tertiary alicyclic amines) is 1. The van der Waals surface area contributed by atoms with Gasteiger partial charge in [0.15, 0.2) is 0 Å². The molecule has 1 heterocycles. The minimum Gasteiger partial charge on any atom is -0.469 e. The van der Waals surface area contributed by atoms with Gasteiger partial charge in [0.2, 0.25) is 11.8 Å². The van der Waals surface area contributed by atoms with E-state index in [9.17, 15) is 14.4 Å². The van der Waals surface area contributed by atoms with Crippen molar-refractivity contribution in [2.24, 2.45) is 11.8 Å². The number of nitrogens with one attached hydrogen (secondary N) is 1. The molecule has 6 heteroatoms. The Bertz CT molecular complexity index is 444. The maximum atomic E-state index is 12.5. The molecule has 2 amide bonds. The molecule has 1 aliphatic carbocycles. The van der Waals surface area contributed by atoms with E-state index < -0.39 is 0 Å². The van der Waals surface area contributed by atoms with Crippen LogP contribution >= 0.6 is 0 Å². The van der Waals surface area contributed by atoms with Crippen molar-refractivity contribution in [1.82, 2.24) is 10.2 Å². The van der Waals surface area contributed by atoms with Crippen molar-refractivity contribution >= 4 is 17.8 Å². The maximum absolute atomic E-state index is 12.5. The molecule has 130 valence electrons. The van der Waals surface area contributed by atoms with Crippen LogP contribution in [0.3, 0.4) is 0 Å². The Hall–Kier alpha value is -1.59. The largest absolute Gasteiger partial charge is 0.469 e. The maximum Gasteiger partial charge on any atom is 0.310 e. The number of amides is 2. The lowest BCUT2D eigenvalue weighted by molar-refractivity contribution is -0.147. The third-order valence-electron chi connectivity index (χ3n) is 5.16. The molecule has 2 fully saturated rings. The quantitative estimate of drug-likeness (QED) is 0.630. The lowest BCUT2D eigenvalue weighted by Gasteiger charge is -2.32. The normalized spacial score (nSPS) is 26.3. The van der Waals surface area contributed by atoms with Crippen molar-refractivity contribution in [2.75, 3.05) is 20.2 Å². The average Bonchev–Trinajstić information content (AvgIpc) is 2.79. The van der Waals surface area contributed by atoms with Crippen LogP contribution in [0.15, 0.2) is 0 Å². The standard InChI is InChI=1S/C17H28N2O4/c1-12(20)19-10-8-13(9-11-19)16(21)18-15-7-5-3-4-6-14(15)17(22)23-2/h13-15H,3-11H2,1-2H3,(H,18,21)/t14-,15-/m0/s1. The van der Waals surface area contributed by atoms with Crippen molar-refractivity contribution in [3.8, 4) is 0 Å². The molecular weight excluding hydrogens is 296 g/mol. The van der Waals surface area contributed by atoms with Crippen molar-refractivity contribution in [1.29, 1.82) is 0 Å². The van der Waals surface area contributed by atoms with E-state index in [1.54, 1.807) is 11.8 Å². The van der Waals surface area contributed by atoms with E-state index in [-0.39, 0.29) is 35.7 Å². The van der Waals surface area contributed by atoms with Crippen molar-refractivity contribution in [3.05, 3.63) is 0 Å². The Balaban J connectivity index is 1.92. The number of nitrogens with zero attached hydrogens (tertiary/aromatic N) is 1. The number of rotatable bonds is 3. The Morgan fingerprint density at radius 3 is 2.26 bits per heavy atom. The van der Waals surface area contributed by atoms with Gasteiger partial charge in [-0.15, -0.1) is 0 Å². The van der Waals surface area contributed by atoms with Gasteiger partial charge in [-0.1, -0.05) is 19.3 Å². The van der Waals surface area contributed by atoms with Crippen molar-refractivity contribution < 1.29 is 19.1 Å². The number of hydrogen-bond donors (Lipinski definition) is 1. The van der Waals surface area contributed by atoms with Crippen LogP contribution in [0.4, 0.5) is 0 Å². The third kappa shape index (κ3) is 4.69. The van der Waals surface area contributed by atoms with Gasteiger partial charge in [-0.25, -0.2) is 0 Å². The predicted octanol–water partition coefficient (Wildman–Crippen LogP) is 1.48. The molecule has 1 saturated heterocycles. The fourth-order valence-corrected chi connectivity index (χ4v) is 3.67. The lowest BCUT2D eigenvalue weighted by atomic mass is 9.91. The van der Waals surface area contributed by atoms with Gasteiger partial charge in [0.25, 0.3) is 0 Å². The summed E-state index contributed by atoms with van der Waals surface area (Å²) < 4.78 is 4.91. The topological polar surface area (TPSA) is 75.7 Å². The van der Waals surface area contributed by atoms with Crippen LogP contribution in [-0.4, -0.2) is 48.9 Å². The highest BCUT2D eigenvalue weighted by Crippen LogP contribution is 2.26. The van der Waals surface area contributed by atoms with Gasteiger partial charge in [0.05, 0.1) is 13.0 Å². The number of esters is 1. The van der Waals surface area contributed by atoms with Crippen LogP contribution < -0.4 is 5.32 Å². The van der Waals surface area contributed by atoms with Gasteiger partial charge in [0.1, 0.15) is 0 Å². The van der Waals surface area contributed by atoms with E-state index in [0.717, 1.165) is 32.1 Å². The van der Waals surface area contributed by atoms with E-state index in [0.29, 0.717) is 25.9 Å². The Morgan fingerprint density at radius 2 is 1.65 bits per heavy atom. The van der Waals surface area contributed by atoms with E-state index in [1.807, 2.05) is 0 Å². The van der Waals surface area contributed by atoms with Crippen LogP contribution in [-0.2, 0) is 19.1 Å². The van der Waals surface area contributed by atoms with Crippen molar-refractivity contribution in [2.45, 2.75) is 57.9 Å². The molecule has 2 atom stereocenters. The highest BCUT2D eigenvalue weighted by Gasteiger charge is 2.34. The summed E-state index contributed by atoms with van der Waals surface area (Å²) in [4.78, 5) is 37.7. The predicted molar refractivity (Wildman–Crippen MR) is 85.5 cm³/mol. The van der Waals surface area contributed by atoms with E-state index in [2.05, 4.69) is 5.32 Å². The second-order valence-corrected chi connectivity index (χ2v) is 6.66. The Morgan fingerprint density at radius 1 is 1.00 bits per heavy atom. The van der Waals surface area contributed by atoms with Gasteiger partial charge < -0.3 is 15.0 Å². The average molecular weight is 324 g/mol. The summed E-state index contributed by atoms with van der Waals surface area (Å²) in [6, 6.07) is -0.122. The zero-order valence-electron chi connectivity index (χ0n) is 14.2. The van der Waals surface area contributed by atoms with Crippen LogP contribution in [0, 0.1) is 11.8 Å². The summed E-state index contributed by atoms with van der Waals surface area (Å²) in [5, 5.41) is 3.09. The zero-order valence-corrected chi connectivity index (χ0v) is 14.2. The highest BCUT2D eigenvalue weighted by molar-refractivity contribution is 5.81. The SMILES string of the molecule is COC(=O)[C@H]1CCCCC[C@@H]1NC(=O)C1CCN(C(C)=O)CC1. The number of ether oxygens (including phenoxy) is 1. The number of carbonyl (C=O) groups is 3. The molecule has 0 spiro atoms. The molecule has 0 aromatic rings. The second-order valence-electron chi connectivity index (χ2n) is 6.66. The molecular formula is C17H28N2O4. The monoisotopic (exact) mass is 324 g/mol. The lowest BCUT2D eigenvalue weighted by Crippen LogP contribution is -2.48. The zero-order chi connectivity index (χ0) is 16.8. The first-order chi connectivity index (χ1) is 11.0. The van der Waals surface area contributed by atoms with E-state index >= 15 is 0 Å². The Labute approximate surface area is 137 Å². The highest BCUT2D eigenvalue weighted by atomic mass is 16.5. The number of carbonyl (C=O) groups excluding carboxylic acids is 3. The minimum atomic E-state index is -0.233. The summed E-state index contributed by atoms with van der Waals surface area (Å²) in [5.41, 5.74) is 0. The summed E-state index contributed by atoms with van der Waals surface area (Å²) in [6.07, 6.45) is 6.13. The second kappa shape index (κ2) is 8.31. The molecule has 0 aromatic heterocycles. The summed E-state index contributed by atoms with van der Waals surface area (Å²) in [6.45, 7) is 2.84. The van der Waals surface area contributed by atoms with E-state index in [1.165, 1.54) is 7.11 Å². The first kappa shape index (κ1) is 17.8. The van der Waals surface area contributed by atoms with Crippen LogP contribution in [0.5, 0.6) is 0 Å². The molecule has 0 radical (unpaired) electrons. The Kier molecular flexibility index (Phi) is 6.42. The molecule has 0 unspecified atom stereocenters. The minimum absolute atomic E-state index is 0.0222. The third-order valence-corrected chi connectivity index (χ3v) is 5.16. The number of piperidine rings is 1. The first-order valence-corrected chi connectivity index (χ1v) is 8.66. The van der Waals surface area contributed by atoms with Gasteiger partial charge in [0, 0.05) is 32.0 Å². The number of hydrogen-bond acceptors (Lipinski definition) is 4. The van der Waals surface area contributed by atoms with Gasteiger partial charge >= 0.3 is 5.97 Å². The summed E-state index contributed by atoms with van der Waals surface area (Å²) in [5.74, 6) is -0.424. The molecule has 0 bridgehead atoms. The first-order valence-electron chi connectivity index (χ1n) is 8.66. The molecule has 2 aliphatic rings. The van der Waals surface area contributed by atoms with Gasteiger partial charge in [-0.2, -0.15) is 0 Å². The molecule has 1 N–H and O–H groups in total. The van der Waals surface area contributed by atoms with E-state index in [4.69, 9.17) is 4.74 Å². The molecule has 1 aliphatic heterocycles. The fourth-order valence-electron chi connectivity index (χ4n) is 3.67.